The number of amides is 1. The number of hydrogen-bond donors (Lipinski definition) is 1. The van der Waals surface area contributed by atoms with E-state index in [2.05, 4.69) is 5.32 Å². The monoisotopic (exact) mass is 626 g/mol. The van der Waals surface area contributed by atoms with Crippen LogP contribution in [-0.2, 0) is 16.8 Å². The molecular formula is C33H27FN4O6S. The van der Waals surface area contributed by atoms with Crippen LogP contribution in [-0.4, -0.2) is 51.3 Å². The van der Waals surface area contributed by atoms with Crippen molar-refractivity contribution in [3.8, 4) is 45.5 Å². The molecule has 45 heavy (non-hydrogen) atoms. The van der Waals surface area contributed by atoms with Crippen LogP contribution in [0, 0.1) is 5.82 Å². The number of carbonyl (C=O) groups is 1. The average molecular weight is 627 g/mol. The van der Waals surface area contributed by atoms with Gasteiger partial charge in [0.25, 0.3) is 5.91 Å². The van der Waals surface area contributed by atoms with E-state index in [1.54, 1.807) is 67.8 Å². The fraction of sp³-hybridized carbons (Fsp3) is 0.152. The van der Waals surface area contributed by atoms with Crippen LogP contribution in [0.1, 0.15) is 10.4 Å². The molecule has 12 heteroatoms. The lowest BCUT2D eigenvalue weighted by molar-refractivity contribution is 0.0964. The summed E-state index contributed by atoms with van der Waals surface area (Å²) in [5.74, 6) is 0.630. The van der Waals surface area contributed by atoms with Crippen LogP contribution >= 0.6 is 0 Å². The first kappa shape index (κ1) is 28.4. The minimum Gasteiger partial charge on any atom is -0.497 e. The Morgan fingerprint density at radius 1 is 1.07 bits per heavy atom. The molecule has 4 heterocycles. The number of carbonyl (C=O) groups excluding carboxylic acids is 1. The fourth-order valence-corrected chi connectivity index (χ4v) is 6.22. The third-order valence-electron chi connectivity index (χ3n) is 8.05. The molecule has 0 unspecified atom stereocenters. The summed E-state index contributed by atoms with van der Waals surface area (Å²) in [6, 6.07) is 20.5. The number of anilines is 1. The van der Waals surface area contributed by atoms with Crippen molar-refractivity contribution < 1.29 is 31.5 Å². The van der Waals surface area contributed by atoms with Crippen molar-refractivity contribution >= 4 is 43.5 Å². The molecule has 1 N–H and O–H groups in total. The van der Waals surface area contributed by atoms with Crippen LogP contribution in [0.4, 0.5) is 10.1 Å². The summed E-state index contributed by atoms with van der Waals surface area (Å²) in [5.41, 5.74) is 4.11. The number of aromatic nitrogens is 2. The third kappa shape index (κ3) is 4.56. The van der Waals surface area contributed by atoms with Gasteiger partial charge in [-0.2, -0.15) is 0 Å². The van der Waals surface area contributed by atoms with E-state index in [1.807, 2.05) is 10.6 Å². The van der Waals surface area contributed by atoms with Gasteiger partial charge in [0.05, 0.1) is 41.5 Å². The van der Waals surface area contributed by atoms with Crippen molar-refractivity contribution in [2.24, 2.45) is 0 Å². The highest BCUT2D eigenvalue weighted by molar-refractivity contribution is 7.92. The molecule has 0 fully saturated rings. The Bertz CT molecular complexity index is 2290. The Balaban J connectivity index is 1.49. The highest BCUT2D eigenvalue weighted by atomic mass is 32.2. The molecule has 1 aliphatic rings. The number of furan rings is 1. The van der Waals surface area contributed by atoms with Crippen LogP contribution in [0.2, 0.25) is 0 Å². The van der Waals surface area contributed by atoms with Crippen molar-refractivity contribution in [3.05, 3.63) is 84.2 Å². The lowest BCUT2D eigenvalue weighted by Crippen LogP contribution is -2.25. The van der Waals surface area contributed by atoms with Gasteiger partial charge in [0.15, 0.2) is 6.73 Å². The second-order valence-corrected chi connectivity index (χ2v) is 12.7. The molecule has 10 nitrogen and oxygen atoms in total. The van der Waals surface area contributed by atoms with Crippen LogP contribution in [0.25, 0.3) is 55.8 Å². The van der Waals surface area contributed by atoms with Crippen molar-refractivity contribution in [2.75, 3.05) is 31.8 Å². The van der Waals surface area contributed by atoms with Crippen LogP contribution in [0.5, 0.6) is 11.5 Å². The van der Waals surface area contributed by atoms with Crippen molar-refractivity contribution in [1.29, 1.82) is 0 Å². The SMILES string of the molecule is CNC(=O)c1c(-c2cccc(OC)c2)oc2cc(N(C)S(C)(=O)=O)c(-c3ccc4c(n3)-c3cc5c(F)cccc5n3CO4)cc12. The quantitative estimate of drug-likeness (QED) is 0.240. The topological polar surface area (TPSA) is 116 Å². The van der Waals surface area contributed by atoms with Crippen molar-refractivity contribution in [3.63, 3.8) is 0 Å². The fourth-order valence-electron chi connectivity index (χ4n) is 5.71. The van der Waals surface area contributed by atoms with E-state index in [9.17, 15) is 17.6 Å². The summed E-state index contributed by atoms with van der Waals surface area (Å²) in [6.07, 6.45) is 1.10. The standard InChI is InChI=1S/C33H27FN4O6S/c1-35-33(39)30-22-14-21(24-11-12-28-31(36-24)27-15-20-23(34)9-6-10-25(20)38(27)17-43-28)26(37(2)45(4,40)41)16-29(22)44-32(30)18-7-5-8-19(13-18)42-3/h5-16H,17H2,1-4H3,(H,35,39). The summed E-state index contributed by atoms with van der Waals surface area (Å²) in [7, 11) is 0.777. The molecule has 228 valence electrons. The van der Waals surface area contributed by atoms with E-state index in [4.69, 9.17) is 18.9 Å². The Labute approximate surface area is 257 Å². The normalized spacial score (nSPS) is 12.5. The van der Waals surface area contributed by atoms with Crippen LogP contribution in [0.3, 0.4) is 0 Å². The van der Waals surface area contributed by atoms with E-state index in [0.29, 0.717) is 67.3 Å². The van der Waals surface area contributed by atoms with Gasteiger partial charge in [0, 0.05) is 42.1 Å². The summed E-state index contributed by atoms with van der Waals surface area (Å²) in [6.45, 7) is 0.182. The maximum Gasteiger partial charge on any atom is 0.255 e. The molecule has 7 rings (SSSR count). The molecule has 0 saturated carbocycles. The molecule has 3 aromatic carbocycles. The zero-order valence-electron chi connectivity index (χ0n) is 24.7. The molecule has 0 saturated heterocycles. The van der Waals surface area contributed by atoms with E-state index in [-0.39, 0.29) is 29.7 Å². The molecule has 6 aromatic rings. The lowest BCUT2D eigenvalue weighted by Gasteiger charge is -2.23. The second-order valence-electron chi connectivity index (χ2n) is 10.7. The first-order valence-corrected chi connectivity index (χ1v) is 15.8. The number of nitrogens with zero attached hydrogens (tertiary/aromatic N) is 3. The van der Waals surface area contributed by atoms with E-state index >= 15 is 0 Å². The highest BCUT2D eigenvalue weighted by Gasteiger charge is 2.28. The van der Waals surface area contributed by atoms with Gasteiger partial charge in [-0.05, 0) is 48.5 Å². The smallest absolute Gasteiger partial charge is 0.255 e. The van der Waals surface area contributed by atoms with Crippen LogP contribution in [0.15, 0.2) is 77.2 Å². The number of nitrogens with one attached hydrogen (secondary N) is 1. The summed E-state index contributed by atoms with van der Waals surface area (Å²) in [4.78, 5) is 18.3. The predicted octanol–water partition coefficient (Wildman–Crippen LogP) is 6.04. The van der Waals surface area contributed by atoms with Gasteiger partial charge >= 0.3 is 0 Å². The first-order valence-electron chi connectivity index (χ1n) is 13.9. The van der Waals surface area contributed by atoms with Gasteiger partial charge in [-0.15, -0.1) is 0 Å². The molecule has 0 bridgehead atoms. The molecule has 1 aliphatic heterocycles. The molecule has 0 spiro atoms. The Hall–Kier alpha value is -5.36. The average Bonchev–Trinajstić information content (AvgIpc) is 3.62. The zero-order chi connectivity index (χ0) is 31.6. The van der Waals surface area contributed by atoms with Gasteiger partial charge in [0.1, 0.15) is 34.4 Å². The Morgan fingerprint density at radius 2 is 1.87 bits per heavy atom. The maximum absolute atomic E-state index is 14.7. The Kier molecular flexibility index (Phi) is 6.55. The van der Waals surface area contributed by atoms with Gasteiger partial charge in [-0.25, -0.2) is 17.8 Å². The number of pyridine rings is 1. The summed E-state index contributed by atoms with van der Waals surface area (Å²) >= 11 is 0. The highest BCUT2D eigenvalue weighted by Crippen LogP contribution is 2.44. The summed E-state index contributed by atoms with van der Waals surface area (Å²) < 4.78 is 61.0. The zero-order valence-corrected chi connectivity index (χ0v) is 25.5. The minimum absolute atomic E-state index is 0.182. The largest absolute Gasteiger partial charge is 0.497 e. The number of benzene rings is 3. The van der Waals surface area contributed by atoms with Crippen molar-refractivity contribution in [1.82, 2.24) is 14.9 Å². The second kappa shape index (κ2) is 10.4. The third-order valence-corrected chi connectivity index (χ3v) is 9.24. The van der Waals surface area contributed by atoms with Crippen molar-refractivity contribution in [2.45, 2.75) is 6.73 Å². The number of rotatable bonds is 6. The molecule has 1 amide bonds. The number of sulfonamides is 1. The first-order chi connectivity index (χ1) is 21.6. The number of ether oxygens (including phenoxy) is 2. The van der Waals surface area contributed by atoms with Gasteiger partial charge in [0.2, 0.25) is 10.0 Å². The number of hydrogen-bond acceptors (Lipinski definition) is 7. The van der Waals surface area contributed by atoms with E-state index < -0.39 is 10.0 Å². The molecule has 0 atom stereocenters. The minimum atomic E-state index is -3.73. The number of halogens is 1. The van der Waals surface area contributed by atoms with Crippen LogP contribution < -0.4 is 19.1 Å². The lowest BCUT2D eigenvalue weighted by atomic mass is 10.0. The van der Waals surface area contributed by atoms with Gasteiger partial charge in [-0.3, -0.25) is 9.10 Å². The molecule has 0 radical (unpaired) electrons. The Morgan fingerprint density at radius 3 is 2.62 bits per heavy atom. The van der Waals surface area contributed by atoms with E-state index in [1.165, 1.54) is 20.2 Å². The van der Waals surface area contributed by atoms with E-state index in [0.717, 1.165) is 10.6 Å². The molecule has 3 aromatic heterocycles. The molecule has 0 aliphatic carbocycles. The predicted molar refractivity (Wildman–Crippen MR) is 170 cm³/mol. The van der Waals surface area contributed by atoms with Gasteiger partial charge in [-0.1, -0.05) is 18.2 Å². The number of fused-ring (bicyclic) bond motifs is 6. The maximum atomic E-state index is 14.7. The molecular weight excluding hydrogens is 599 g/mol. The number of methoxy groups -OCH3 is 1. The van der Waals surface area contributed by atoms with Gasteiger partial charge < -0.3 is 23.8 Å². The summed E-state index contributed by atoms with van der Waals surface area (Å²) in [5, 5.41) is 3.58.